The number of ether oxygens (including phenoxy) is 2. The maximum atomic E-state index is 11.8. The molecule has 0 radical (unpaired) electrons. The Morgan fingerprint density at radius 2 is 1.70 bits per heavy atom. The SMILES string of the molecule is COc1ccc(CCNC(=NCc2nnc(C)n2C)NCCNC(=O)OC(C)(C)C)cc1.I. The quantitative estimate of drug-likeness (QED) is 0.183. The van der Waals surface area contributed by atoms with Gasteiger partial charge in [-0.05, 0) is 51.8 Å². The van der Waals surface area contributed by atoms with E-state index in [4.69, 9.17) is 9.47 Å². The molecule has 0 aliphatic carbocycles. The lowest BCUT2D eigenvalue weighted by Gasteiger charge is -2.20. The summed E-state index contributed by atoms with van der Waals surface area (Å²) in [7, 11) is 3.57. The second kappa shape index (κ2) is 13.9. The van der Waals surface area contributed by atoms with Crippen LogP contribution in [0.5, 0.6) is 5.75 Å². The largest absolute Gasteiger partial charge is 0.497 e. The van der Waals surface area contributed by atoms with Crippen molar-refractivity contribution in [3.63, 3.8) is 0 Å². The van der Waals surface area contributed by atoms with Crippen molar-refractivity contribution in [1.29, 1.82) is 0 Å². The minimum Gasteiger partial charge on any atom is -0.497 e. The number of aromatic nitrogens is 3. The van der Waals surface area contributed by atoms with Gasteiger partial charge in [-0.25, -0.2) is 9.79 Å². The van der Waals surface area contributed by atoms with Gasteiger partial charge < -0.3 is 30.0 Å². The lowest BCUT2D eigenvalue weighted by atomic mass is 10.1. The number of guanidine groups is 1. The van der Waals surface area contributed by atoms with Gasteiger partial charge in [-0.2, -0.15) is 0 Å². The number of alkyl carbamates (subject to hydrolysis) is 1. The first kappa shape index (κ1) is 28.5. The van der Waals surface area contributed by atoms with Crippen LogP contribution >= 0.6 is 24.0 Å². The fourth-order valence-electron chi connectivity index (χ4n) is 2.69. The molecule has 1 amide bonds. The number of halogens is 1. The molecule has 1 aromatic heterocycles. The maximum Gasteiger partial charge on any atom is 0.407 e. The molecule has 2 rings (SSSR count). The van der Waals surface area contributed by atoms with Gasteiger partial charge in [-0.1, -0.05) is 12.1 Å². The summed E-state index contributed by atoms with van der Waals surface area (Å²) in [5, 5.41) is 17.5. The summed E-state index contributed by atoms with van der Waals surface area (Å²) in [6, 6.07) is 7.97. The number of amides is 1. The van der Waals surface area contributed by atoms with Crippen LogP contribution in [0.3, 0.4) is 0 Å². The summed E-state index contributed by atoms with van der Waals surface area (Å²) in [4.78, 5) is 16.4. The van der Waals surface area contributed by atoms with Crippen molar-refractivity contribution in [2.24, 2.45) is 12.0 Å². The molecule has 0 aliphatic heterocycles. The van der Waals surface area contributed by atoms with E-state index in [1.807, 2.05) is 63.6 Å². The molecule has 0 aliphatic rings. The molecule has 11 heteroatoms. The van der Waals surface area contributed by atoms with Crippen LogP contribution in [-0.4, -0.2) is 59.2 Å². The number of nitrogens with one attached hydrogen (secondary N) is 3. The van der Waals surface area contributed by atoms with Crippen LogP contribution in [0.1, 0.15) is 38.0 Å². The third kappa shape index (κ3) is 10.7. The van der Waals surface area contributed by atoms with E-state index in [0.29, 0.717) is 32.1 Å². The minimum atomic E-state index is -0.526. The Bertz CT molecular complexity index is 892. The average molecular weight is 573 g/mol. The first-order valence-corrected chi connectivity index (χ1v) is 10.6. The Kier molecular flexibility index (Phi) is 12.0. The van der Waals surface area contributed by atoms with Crippen LogP contribution in [0.15, 0.2) is 29.3 Å². The molecule has 0 unspecified atom stereocenters. The standard InChI is InChI=1S/C22H35N7O3.HI/c1-16-27-28-19(29(16)5)15-26-20(24-13-14-25-21(30)32-22(2,3)4)23-12-11-17-7-9-18(31-6)10-8-17;/h7-10H,11-15H2,1-6H3,(H,25,30)(H2,23,24,26);1H. The zero-order valence-corrected chi connectivity index (χ0v) is 22.6. The summed E-state index contributed by atoms with van der Waals surface area (Å²) in [6.07, 6.45) is 0.379. The van der Waals surface area contributed by atoms with Gasteiger partial charge in [0, 0.05) is 26.7 Å². The molecule has 1 aromatic carbocycles. The third-order valence-electron chi connectivity index (χ3n) is 4.51. The molecule has 0 saturated heterocycles. The molecule has 0 atom stereocenters. The Morgan fingerprint density at radius 3 is 2.27 bits per heavy atom. The lowest BCUT2D eigenvalue weighted by molar-refractivity contribution is 0.0529. The summed E-state index contributed by atoms with van der Waals surface area (Å²) < 4.78 is 12.3. The Balaban J connectivity index is 0.00000544. The summed E-state index contributed by atoms with van der Waals surface area (Å²) in [5.41, 5.74) is 0.662. The topological polar surface area (TPSA) is 115 Å². The molecule has 184 valence electrons. The van der Waals surface area contributed by atoms with Crippen LogP contribution in [0.25, 0.3) is 0 Å². The summed E-state index contributed by atoms with van der Waals surface area (Å²) >= 11 is 0. The van der Waals surface area contributed by atoms with Gasteiger partial charge in [0.2, 0.25) is 0 Å². The number of hydrogen-bond acceptors (Lipinski definition) is 6. The van der Waals surface area contributed by atoms with Crippen LogP contribution in [0.4, 0.5) is 4.79 Å². The number of aliphatic imine (C=N–C) groups is 1. The predicted octanol–water partition coefficient (Wildman–Crippen LogP) is 2.55. The highest BCUT2D eigenvalue weighted by atomic mass is 127. The van der Waals surface area contributed by atoms with Crippen molar-refractivity contribution >= 4 is 36.0 Å². The summed E-state index contributed by atoms with van der Waals surface area (Å²) in [6.45, 7) is 9.35. The molecule has 33 heavy (non-hydrogen) atoms. The first-order chi connectivity index (χ1) is 15.2. The first-order valence-electron chi connectivity index (χ1n) is 10.6. The van der Waals surface area contributed by atoms with Crippen molar-refractivity contribution in [1.82, 2.24) is 30.7 Å². The number of carbonyl (C=O) groups is 1. The zero-order chi connectivity index (χ0) is 23.6. The van der Waals surface area contributed by atoms with Crippen molar-refractivity contribution in [2.45, 2.75) is 46.3 Å². The average Bonchev–Trinajstić information content (AvgIpc) is 3.06. The fourth-order valence-corrected chi connectivity index (χ4v) is 2.69. The number of carbonyl (C=O) groups excluding carboxylic acids is 1. The summed E-state index contributed by atoms with van der Waals surface area (Å²) in [5.74, 6) is 3.07. The van der Waals surface area contributed by atoms with Crippen molar-refractivity contribution in [3.05, 3.63) is 41.5 Å². The molecular formula is C22H36IN7O3. The zero-order valence-electron chi connectivity index (χ0n) is 20.3. The number of benzene rings is 1. The molecule has 10 nitrogen and oxygen atoms in total. The van der Waals surface area contributed by atoms with Crippen LogP contribution < -0.4 is 20.7 Å². The van der Waals surface area contributed by atoms with E-state index in [1.165, 1.54) is 5.56 Å². The van der Waals surface area contributed by atoms with Crippen molar-refractivity contribution in [2.75, 3.05) is 26.7 Å². The van der Waals surface area contributed by atoms with E-state index >= 15 is 0 Å². The van der Waals surface area contributed by atoms with Crippen molar-refractivity contribution in [3.8, 4) is 5.75 Å². The molecule has 0 bridgehead atoms. The van der Waals surface area contributed by atoms with Crippen molar-refractivity contribution < 1.29 is 14.3 Å². The van der Waals surface area contributed by atoms with Gasteiger partial charge >= 0.3 is 6.09 Å². The lowest BCUT2D eigenvalue weighted by Crippen LogP contribution is -2.43. The smallest absolute Gasteiger partial charge is 0.407 e. The third-order valence-corrected chi connectivity index (χ3v) is 4.51. The van der Waals surface area contributed by atoms with E-state index in [-0.39, 0.29) is 24.0 Å². The number of hydrogen-bond donors (Lipinski definition) is 3. The predicted molar refractivity (Wildman–Crippen MR) is 139 cm³/mol. The van der Waals surface area contributed by atoms with E-state index < -0.39 is 11.7 Å². The molecule has 0 fully saturated rings. The van der Waals surface area contributed by atoms with E-state index in [2.05, 4.69) is 31.1 Å². The fraction of sp³-hybridized carbons (Fsp3) is 0.545. The maximum absolute atomic E-state index is 11.8. The Hall–Kier alpha value is -2.57. The minimum absolute atomic E-state index is 0. The molecule has 0 spiro atoms. The van der Waals surface area contributed by atoms with Gasteiger partial charge in [-0.15, -0.1) is 34.2 Å². The number of methoxy groups -OCH3 is 1. The normalized spacial score (nSPS) is 11.4. The molecule has 3 N–H and O–H groups in total. The van der Waals surface area contributed by atoms with Crippen LogP contribution in [0.2, 0.25) is 0 Å². The molecular weight excluding hydrogens is 537 g/mol. The number of nitrogens with zero attached hydrogens (tertiary/aromatic N) is 4. The highest BCUT2D eigenvalue weighted by Crippen LogP contribution is 2.11. The second-order valence-electron chi connectivity index (χ2n) is 8.27. The number of rotatable bonds is 9. The highest BCUT2D eigenvalue weighted by Gasteiger charge is 2.15. The van der Waals surface area contributed by atoms with E-state index in [0.717, 1.165) is 23.8 Å². The highest BCUT2D eigenvalue weighted by molar-refractivity contribution is 14.0. The molecule has 1 heterocycles. The van der Waals surface area contributed by atoms with Crippen LogP contribution in [-0.2, 0) is 24.8 Å². The second-order valence-corrected chi connectivity index (χ2v) is 8.27. The number of aryl methyl sites for hydroxylation is 1. The van der Waals surface area contributed by atoms with Gasteiger partial charge in [0.05, 0.1) is 7.11 Å². The Morgan fingerprint density at radius 1 is 1.06 bits per heavy atom. The van der Waals surface area contributed by atoms with Gasteiger partial charge in [0.15, 0.2) is 11.8 Å². The van der Waals surface area contributed by atoms with E-state index in [9.17, 15) is 4.79 Å². The molecule has 0 saturated carbocycles. The monoisotopic (exact) mass is 573 g/mol. The van der Waals surface area contributed by atoms with Crippen LogP contribution in [0, 0.1) is 6.92 Å². The van der Waals surface area contributed by atoms with Gasteiger partial charge in [-0.3, -0.25) is 0 Å². The van der Waals surface area contributed by atoms with Gasteiger partial charge in [0.25, 0.3) is 0 Å². The van der Waals surface area contributed by atoms with E-state index in [1.54, 1.807) is 7.11 Å². The Labute approximate surface area is 213 Å². The molecule has 2 aromatic rings. The van der Waals surface area contributed by atoms with Gasteiger partial charge in [0.1, 0.15) is 23.7 Å².